The molecule has 5 nitrogen and oxygen atoms in total. The third-order valence-corrected chi connectivity index (χ3v) is 6.28. The number of hydrogen-bond donors (Lipinski definition) is 0. The molecule has 6 heteroatoms. The van der Waals surface area contributed by atoms with Crippen molar-refractivity contribution in [2.24, 2.45) is 5.92 Å². The Balaban J connectivity index is 0.00000106. The van der Waals surface area contributed by atoms with E-state index in [0.717, 1.165) is 48.9 Å². The molecule has 0 N–H and O–H groups in total. The average molecular weight is 439 g/mol. The summed E-state index contributed by atoms with van der Waals surface area (Å²) in [7, 11) is 0. The molecule has 3 heterocycles. The number of hydrogen-bond acceptors (Lipinski definition) is 6. The molecule has 1 saturated heterocycles. The molecule has 3 rings (SSSR count). The molecular formula is C24H42N2O3S. The number of thioether (sulfide) groups is 1. The third-order valence-electron chi connectivity index (χ3n) is 5.24. The van der Waals surface area contributed by atoms with E-state index in [4.69, 9.17) is 9.47 Å². The normalized spacial score (nSPS) is 17.3. The van der Waals surface area contributed by atoms with Gasteiger partial charge in [0.25, 0.3) is 0 Å². The van der Waals surface area contributed by atoms with Gasteiger partial charge in [0, 0.05) is 18.5 Å². The van der Waals surface area contributed by atoms with E-state index in [1.54, 1.807) is 11.8 Å². The SMILES string of the molecule is CC.CC.CCCC(CC)COC(=O)CCSc1ccnc2c1OC[C@@H]1CCCN21. The van der Waals surface area contributed by atoms with Gasteiger partial charge in [0.15, 0.2) is 11.6 Å². The molecular weight excluding hydrogens is 396 g/mol. The van der Waals surface area contributed by atoms with Crippen LogP contribution in [0.15, 0.2) is 17.2 Å². The minimum absolute atomic E-state index is 0.101. The van der Waals surface area contributed by atoms with Gasteiger partial charge in [-0.2, -0.15) is 0 Å². The number of carbonyl (C=O) groups excluding carboxylic acids is 1. The van der Waals surface area contributed by atoms with Crippen molar-refractivity contribution >= 4 is 23.5 Å². The first-order chi connectivity index (χ1) is 14.7. The van der Waals surface area contributed by atoms with Gasteiger partial charge >= 0.3 is 5.97 Å². The first-order valence-corrected chi connectivity index (χ1v) is 12.9. The van der Waals surface area contributed by atoms with E-state index in [-0.39, 0.29) is 5.97 Å². The minimum atomic E-state index is -0.101. The summed E-state index contributed by atoms with van der Waals surface area (Å²) in [6.07, 6.45) is 7.98. The summed E-state index contributed by atoms with van der Waals surface area (Å²) in [5.41, 5.74) is 0. The number of ether oxygens (including phenoxy) is 2. The van der Waals surface area contributed by atoms with Gasteiger partial charge in [-0.25, -0.2) is 4.98 Å². The molecule has 2 aliphatic heterocycles. The lowest BCUT2D eigenvalue weighted by Gasteiger charge is -2.33. The standard InChI is InChI=1S/C20H30N2O3S.2C2H6/c1-3-6-15(4-2)13-24-18(23)9-12-26-17-8-10-21-20-19(17)25-14-16-7-5-11-22(16)20;2*1-2/h8,10,15-16H,3-7,9,11-14H2,1-2H3;2*1-2H3/t15?,16-;;/m0../s1. The maximum atomic E-state index is 12.0. The molecule has 172 valence electrons. The van der Waals surface area contributed by atoms with Crippen molar-refractivity contribution in [2.45, 2.75) is 91.0 Å². The van der Waals surface area contributed by atoms with Crippen molar-refractivity contribution in [3.8, 4) is 5.75 Å². The van der Waals surface area contributed by atoms with Crippen molar-refractivity contribution in [3.05, 3.63) is 12.3 Å². The van der Waals surface area contributed by atoms with Crippen molar-refractivity contribution < 1.29 is 14.3 Å². The van der Waals surface area contributed by atoms with Crippen LogP contribution < -0.4 is 9.64 Å². The summed E-state index contributed by atoms with van der Waals surface area (Å²) in [6, 6.07) is 2.46. The van der Waals surface area contributed by atoms with Crippen LogP contribution in [0.4, 0.5) is 5.82 Å². The van der Waals surface area contributed by atoms with E-state index < -0.39 is 0 Å². The Morgan fingerprint density at radius 1 is 1.33 bits per heavy atom. The zero-order valence-electron chi connectivity index (χ0n) is 19.9. The van der Waals surface area contributed by atoms with Crippen LogP contribution in [0.5, 0.6) is 5.75 Å². The highest BCUT2D eigenvalue weighted by atomic mass is 32.2. The molecule has 2 atom stereocenters. The first kappa shape index (κ1) is 26.6. The summed E-state index contributed by atoms with van der Waals surface area (Å²) >= 11 is 1.66. The van der Waals surface area contributed by atoms with Crippen molar-refractivity contribution in [3.63, 3.8) is 0 Å². The Morgan fingerprint density at radius 3 is 2.80 bits per heavy atom. The molecule has 0 aromatic carbocycles. The number of esters is 1. The zero-order chi connectivity index (χ0) is 22.4. The number of rotatable bonds is 9. The van der Waals surface area contributed by atoms with Crippen LogP contribution in [0.1, 0.15) is 80.1 Å². The van der Waals surface area contributed by atoms with E-state index in [9.17, 15) is 4.79 Å². The highest BCUT2D eigenvalue weighted by molar-refractivity contribution is 7.99. The lowest BCUT2D eigenvalue weighted by atomic mass is 10.0. The van der Waals surface area contributed by atoms with E-state index in [1.165, 1.54) is 12.8 Å². The predicted molar refractivity (Wildman–Crippen MR) is 128 cm³/mol. The van der Waals surface area contributed by atoms with Gasteiger partial charge in [-0.3, -0.25) is 4.79 Å². The fourth-order valence-electron chi connectivity index (χ4n) is 3.68. The molecule has 30 heavy (non-hydrogen) atoms. The van der Waals surface area contributed by atoms with E-state index >= 15 is 0 Å². The van der Waals surface area contributed by atoms with Crippen molar-refractivity contribution in [1.29, 1.82) is 0 Å². The molecule has 1 aromatic heterocycles. The predicted octanol–water partition coefficient (Wildman–Crippen LogP) is 6.35. The molecule has 0 spiro atoms. The van der Waals surface area contributed by atoms with Gasteiger partial charge in [-0.05, 0) is 31.2 Å². The molecule has 1 fully saturated rings. The lowest BCUT2D eigenvalue weighted by Crippen LogP contribution is -2.38. The molecule has 0 bridgehead atoms. The number of anilines is 1. The lowest BCUT2D eigenvalue weighted by molar-refractivity contribution is -0.144. The summed E-state index contributed by atoms with van der Waals surface area (Å²) < 4.78 is 11.5. The monoisotopic (exact) mass is 438 g/mol. The van der Waals surface area contributed by atoms with Crippen LogP contribution in [0.25, 0.3) is 0 Å². The van der Waals surface area contributed by atoms with Crippen LogP contribution in [0.2, 0.25) is 0 Å². The van der Waals surface area contributed by atoms with Gasteiger partial charge in [-0.15, -0.1) is 11.8 Å². The number of fused-ring (bicyclic) bond motifs is 3. The Bertz CT molecular complexity index is 612. The minimum Gasteiger partial charge on any atom is -0.486 e. The first-order valence-electron chi connectivity index (χ1n) is 11.9. The summed E-state index contributed by atoms with van der Waals surface area (Å²) in [4.78, 5) is 20.0. The van der Waals surface area contributed by atoms with Crippen LogP contribution in [-0.2, 0) is 9.53 Å². The van der Waals surface area contributed by atoms with Gasteiger partial charge in [0.05, 0.1) is 24.0 Å². The molecule has 1 aromatic rings. The van der Waals surface area contributed by atoms with Crippen LogP contribution >= 0.6 is 11.8 Å². The second kappa shape index (κ2) is 15.4. The molecule has 1 unspecified atom stereocenters. The molecule has 0 aliphatic carbocycles. The van der Waals surface area contributed by atoms with Gasteiger partial charge in [0.2, 0.25) is 0 Å². The molecule has 0 radical (unpaired) electrons. The summed E-state index contributed by atoms with van der Waals surface area (Å²) in [5.74, 6) is 2.95. The second-order valence-electron chi connectivity index (χ2n) is 7.11. The zero-order valence-corrected chi connectivity index (χ0v) is 20.7. The summed E-state index contributed by atoms with van der Waals surface area (Å²) in [5, 5.41) is 0. The highest BCUT2D eigenvalue weighted by Crippen LogP contribution is 2.42. The quantitative estimate of drug-likeness (QED) is 0.331. The smallest absolute Gasteiger partial charge is 0.306 e. The Hall–Kier alpha value is -1.43. The fraction of sp³-hybridized carbons (Fsp3) is 0.750. The summed E-state index contributed by atoms with van der Waals surface area (Å²) in [6.45, 7) is 14.7. The highest BCUT2D eigenvalue weighted by Gasteiger charge is 2.33. The number of aromatic nitrogens is 1. The third kappa shape index (κ3) is 7.68. The van der Waals surface area contributed by atoms with E-state index in [1.807, 2.05) is 40.0 Å². The second-order valence-corrected chi connectivity index (χ2v) is 8.24. The topological polar surface area (TPSA) is 51.7 Å². The number of nitrogens with zero attached hydrogens (tertiary/aromatic N) is 2. The molecule has 0 amide bonds. The van der Waals surface area contributed by atoms with E-state index in [2.05, 4.69) is 23.7 Å². The van der Waals surface area contributed by atoms with Crippen LogP contribution in [0, 0.1) is 5.92 Å². The van der Waals surface area contributed by atoms with Gasteiger partial charge < -0.3 is 14.4 Å². The average Bonchev–Trinajstić information content (AvgIpc) is 3.29. The largest absolute Gasteiger partial charge is 0.486 e. The van der Waals surface area contributed by atoms with Crippen LogP contribution in [0.3, 0.4) is 0 Å². The molecule has 2 aliphatic rings. The Morgan fingerprint density at radius 2 is 2.10 bits per heavy atom. The van der Waals surface area contributed by atoms with Crippen molar-refractivity contribution in [2.75, 3.05) is 30.4 Å². The molecule has 0 saturated carbocycles. The Kier molecular flexibility index (Phi) is 13.6. The number of carbonyl (C=O) groups is 1. The number of pyridine rings is 1. The Labute approximate surface area is 188 Å². The maximum absolute atomic E-state index is 12.0. The van der Waals surface area contributed by atoms with Crippen molar-refractivity contribution in [1.82, 2.24) is 4.98 Å². The van der Waals surface area contributed by atoms with Gasteiger partial charge in [-0.1, -0.05) is 54.4 Å². The fourth-order valence-corrected chi connectivity index (χ4v) is 4.61. The van der Waals surface area contributed by atoms with E-state index in [0.29, 0.717) is 30.7 Å². The van der Waals surface area contributed by atoms with Crippen LogP contribution in [-0.4, -0.2) is 42.5 Å². The maximum Gasteiger partial charge on any atom is 0.306 e. The van der Waals surface area contributed by atoms with Gasteiger partial charge in [0.1, 0.15) is 6.61 Å².